The SMILES string of the molecule is CCOC(C)(C)CNCC(=O)N1CCCCC1. The fourth-order valence-corrected chi connectivity index (χ4v) is 2.17. The third-order valence-electron chi connectivity index (χ3n) is 3.07. The number of amides is 1. The minimum Gasteiger partial charge on any atom is -0.375 e. The van der Waals surface area contributed by atoms with E-state index in [9.17, 15) is 4.79 Å². The molecule has 0 aliphatic carbocycles. The molecule has 0 bridgehead atoms. The molecule has 0 aromatic heterocycles. The maximum absolute atomic E-state index is 11.9. The lowest BCUT2D eigenvalue weighted by atomic mass is 10.1. The molecule has 1 rings (SSSR count). The Morgan fingerprint density at radius 2 is 1.94 bits per heavy atom. The second kappa shape index (κ2) is 6.97. The molecule has 0 saturated carbocycles. The van der Waals surface area contributed by atoms with Crippen molar-refractivity contribution in [2.24, 2.45) is 0 Å². The number of hydrogen-bond donors (Lipinski definition) is 1. The van der Waals surface area contributed by atoms with Gasteiger partial charge in [0.1, 0.15) is 0 Å². The Morgan fingerprint density at radius 1 is 1.29 bits per heavy atom. The zero-order valence-electron chi connectivity index (χ0n) is 11.4. The van der Waals surface area contributed by atoms with Gasteiger partial charge in [-0.1, -0.05) is 0 Å². The number of likely N-dealkylation sites (tertiary alicyclic amines) is 1. The highest BCUT2D eigenvalue weighted by Crippen LogP contribution is 2.09. The molecule has 1 aliphatic heterocycles. The van der Waals surface area contributed by atoms with E-state index in [0.29, 0.717) is 19.7 Å². The summed E-state index contributed by atoms with van der Waals surface area (Å²) in [6.45, 7) is 9.75. The molecule has 0 spiro atoms. The second-order valence-corrected chi connectivity index (χ2v) is 5.24. The molecule has 4 heteroatoms. The number of ether oxygens (including phenoxy) is 1. The van der Waals surface area contributed by atoms with Crippen LogP contribution in [0, 0.1) is 0 Å². The number of nitrogens with zero attached hydrogens (tertiary/aromatic N) is 1. The molecule has 1 aliphatic rings. The highest BCUT2D eigenvalue weighted by atomic mass is 16.5. The molecule has 4 nitrogen and oxygen atoms in total. The normalized spacial score (nSPS) is 17.2. The molecule has 17 heavy (non-hydrogen) atoms. The van der Waals surface area contributed by atoms with Crippen molar-refractivity contribution >= 4 is 5.91 Å². The number of piperidine rings is 1. The van der Waals surface area contributed by atoms with Gasteiger partial charge in [-0.2, -0.15) is 0 Å². The zero-order chi connectivity index (χ0) is 12.7. The summed E-state index contributed by atoms with van der Waals surface area (Å²) < 4.78 is 5.57. The summed E-state index contributed by atoms with van der Waals surface area (Å²) in [5.74, 6) is 0.219. The van der Waals surface area contributed by atoms with Gasteiger partial charge >= 0.3 is 0 Å². The third kappa shape index (κ3) is 5.50. The quantitative estimate of drug-likeness (QED) is 0.765. The first kappa shape index (κ1) is 14.5. The maximum Gasteiger partial charge on any atom is 0.236 e. The van der Waals surface area contributed by atoms with E-state index in [1.54, 1.807) is 0 Å². The van der Waals surface area contributed by atoms with Crippen LogP contribution in [0.15, 0.2) is 0 Å². The van der Waals surface area contributed by atoms with Crippen molar-refractivity contribution in [1.82, 2.24) is 10.2 Å². The lowest BCUT2D eigenvalue weighted by Crippen LogP contribution is -2.45. The van der Waals surface area contributed by atoms with Crippen LogP contribution in [0.25, 0.3) is 0 Å². The number of nitrogens with one attached hydrogen (secondary N) is 1. The van der Waals surface area contributed by atoms with Crippen LogP contribution in [0.2, 0.25) is 0 Å². The molecule has 1 saturated heterocycles. The van der Waals surface area contributed by atoms with E-state index in [4.69, 9.17) is 4.74 Å². The molecule has 1 N–H and O–H groups in total. The van der Waals surface area contributed by atoms with E-state index in [0.717, 1.165) is 25.9 Å². The first-order valence-corrected chi connectivity index (χ1v) is 6.67. The monoisotopic (exact) mass is 242 g/mol. The molecule has 1 amide bonds. The largest absolute Gasteiger partial charge is 0.375 e. The molecule has 0 aromatic rings. The Kier molecular flexibility index (Phi) is 5.92. The molecule has 0 aromatic carbocycles. The van der Waals surface area contributed by atoms with E-state index in [-0.39, 0.29) is 11.5 Å². The van der Waals surface area contributed by atoms with E-state index in [1.807, 2.05) is 25.7 Å². The Bertz CT molecular complexity index is 236. The highest BCUT2D eigenvalue weighted by Gasteiger charge is 2.19. The Hall–Kier alpha value is -0.610. The summed E-state index contributed by atoms with van der Waals surface area (Å²) in [5.41, 5.74) is -0.197. The second-order valence-electron chi connectivity index (χ2n) is 5.24. The van der Waals surface area contributed by atoms with Gasteiger partial charge < -0.3 is 15.0 Å². The van der Waals surface area contributed by atoms with Gasteiger partial charge in [-0.05, 0) is 40.0 Å². The van der Waals surface area contributed by atoms with E-state index < -0.39 is 0 Å². The summed E-state index contributed by atoms with van der Waals surface area (Å²) in [6, 6.07) is 0. The van der Waals surface area contributed by atoms with Crippen LogP contribution in [0.5, 0.6) is 0 Å². The number of rotatable bonds is 6. The summed E-state index contributed by atoms with van der Waals surface area (Å²) in [4.78, 5) is 13.8. The van der Waals surface area contributed by atoms with Crippen LogP contribution in [-0.2, 0) is 9.53 Å². The zero-order valence-corrected chi connectivity index (χ0v) is 11.4. The van der Waals surface area contributed by atoms with E-state index in [1.165, 1.54) is 6.42 Å². The predicted molar refractivity (Wildman–Crippen MR) is 69.0 cm³/mol. The first-order valence-electron chi connectivity index (χ1n) is 6.67. The van der Waals surface area contributed by atoms with Crippen molar-refractivity contribution in [2.75, 3.05) is 32.8 Å². The maximum atomic E-state index is 11.9. The Labute approximate surface area is 105 Å². The standard InChI is InChI=1S/C13H26N2O2/c1-4-17-13(2,3)11-14-10-12(16)15-8-6-5-7-9-15/h14H,4-11H2,1-3H3. The minimum absolute atomic E-state index is 0.197. The van der Waals surface area contributed by atoms with Gasteiger partial charge in [0.05, 0.1) is 12.1 Å². The van der Waals surface area contributed by atoms with Crippen molar-refractivity contribution in [1.29, 1.82) is 0 Å². The van der Waals surface area contributed by atoms with Gasteiger partial charge in [0.25, 0.3) is 0 Å². The Balaban J connectivity index is 2.19. The third-order valence-corrected chi connectivity index (χ3v) is 3.07. The fourth-order valence-electron chi connectivity index (χ4n) is 2.17. The van der Waals surface area contributed by atoms with Crippen LogP contribution in [0.1, 0.15) is 40.0 Å². The summed E-state index contributed by atoms with van der Waals surface area (Å²) in [6.07, 6.45) is 3.56. The van der Waals surface area contributed by atoms with Crippen molar-refractivity contribution in [3.8, 4) is 0 Å². The molecule has 1 heterocycles. The van der Waals surface area contributed by atoms with Gasteiger partial charge in [0, 0.05) is 26.2 Å². The molecule has 0 atom stereocenters. The average Bonchev–Trinajstić information content (AvgIpc) is 2.29. The summed E-state index contributed by atoms with van der Waals surface area (Å²) >= 11 is 0. The van der Waals surface area contributed by atoms with Gasteiger partial charge in [0.2, 0.25) is 5.91 Å². The highest BCUT2D eigenvalue weighted by molar-refractivity contribution is 5.78. The van der Waals surface area contributed by atoms with Gasteiger partial charge in [-0.3, -0.25) is 4.79 Å². The smallest absolute Gasteiger partial charge is 0.236 e. The minimum atomic E-state index is -0.197. The summed E-state index contributed by atoms with van der Waals surface area (Å²) in [7, 11) is 0. The van der Waals surface area contributed by atoms with Crippen LogP contribution in [-0.4, -0.2) is 49.2 Å². The van der Waals surface area contributed by atoms with Gasteiger partial charge in [-0.15, -0.1) is 0 Å². The Morgan fingerprint density at radius 3 is 2.53 bits per heavy atom. The first-order chi connectivity index (χ1) is 8.05. The number of hydrogen-bond acceptors (Lipinski definition) is 3. The molecule has 100 valence electrons. The van der Waals surface area contributed by atoms with Crippen LogP contribution in [0.3, 0.4) is 0 Å². The predicted octanol–water partition coefficient (Wildman–Crippen LogP) is 1.40. The lowest BCUT2D eigenvalue weighted by Gasteiger charge is -2.28. The van der Waals surface area contributed by atoms with Crippen molar-refractivity contribution < 1.29 is 9.53 Å². The van der Waals surface area contributed by atoms with Crippen LogP contribution in [0.4, 0.5) is 0 Å². The summed E-state index contributed by atoms with van der Waals surface area (Å²) in [5, 5.41) is 3.19. The average molecular weight is 242 g/mol. The van der Waals surface area contributed by atoms with Crippen LogP contribution < -0.4 is 5.32 Å². The van der Waals surface area contributed by atoms with E-state index in [2.05, 4.69) is 5.32 Å². The lowest BCUT2D eigenvalue weighted by molar-refractivity contribution is -0.131. The molecular weight excluding hydrogens is 216 g/mol. The molecular formula is C13H26N2O2. The fraction of sp³-hybridized carbons (Fsp3) is 0.923. The molecule has 0 unspecified atom stereocenters. The van der Waals surface area contributed by atoms with Crippen molar-refractivity contribution in [3.05, 3.63) is 0 Å². The number of carbonyl (C=O) groups excluding carboxylic acids is 1. The number of carbonyl (C=O) groups is 1. The molecule has 0 radical (unpaired) electrons. The van der Waals surface area contributed by atoms with Gasteiger partial charge in [-0.25, -0.2) is 0 Å². The molecule has 1 fully saturated rings. The van der Waals surface area contributed by atoms with Gasteiger partial charge in [0.15, 0.2) is 0 Å². The van der Waals surface area contributed by atoms with Crippen molar-refractivity contribution in [2.45, 2.75) is 45.6 Å². The van der Waals surface area contributed by atoms with E-state index >= 15 is 0 Å². The van der Waals surface area contributed by atoms with Crippen LogP contribution >= 0.6 is 0 Å². The topological polar surface area (TPSA) is 41.6 Å². The van der Waals surface area contributed by atoms with Crippen molar-refractivity contribution in [3.63, 3.8) is 0 Å².